The van der Waals surface area contributed by atoms with E-state index in [0.29, 0.717) is 29.3 Å². The molecule has 0 bridgehead atoms. The van der Waals surface area contributed by atoms with Gasteiger partial charge in [-0.15, -0.1) is 0 Å². The van der Waals surface area contributed by atoms with Gasteiger partial charge in [-0.2, -0.15) is 0 Å². The molecule has 8 nitrogen and oxygen atoms in total. The minimum atomic E-state index is -3.42. The van der Waals surface area contributed by atoms with E-state index >= 15 is 0 Å². The number of hydrogen-bond donors (Lipinski definition) is 3. The fourth-order valence-electron chi connectivity index (χ4n) is 5.07. The van der Waals surface area contributed by atoms with Crippen molar-refractivity contribution >= 4 is 27.3 Å². The summed E-state index contributed by atoms with van der Waals surface area (Å²) in [7, 11) is -3.42. The Balaban J connectivity index is 1.42. The van der Waals surface area contributed by atoms with Crippen LogP contribution in [-0.4, -0.2) is 45.1 Å². The third kappa shape index (κ3) is 7.94. The van der Waals surface area contributed by atoms with Gasteiger partial charge in [0.1, 0.15) is 17.6 Å². The first kappa shape index (κ1) is 29.3. The van der Waals surface area contributed by atoms with E-state index in [4.69, 9.17) is 4.42 Å². The first-order valence-corrected chi connectivity index (χ1v) is 15.5. The zero-order valence-corrected chi connectivity index (χ0v) is 23.6. The Morgan fingerprint density at radius 1 is 1.00 bits per heavy atom. The predicted octanol–water partition coefficient (Wildman–Crippen LogP) is 5.17. The number of nitrogens with one attached hydrogen (secondary N) is 3. The molecule has 0 unspecified atom stereocenters. The predicted molar refractivity (Wildman–Crippen MR) is 152 cm³/mol. The van der Waals surface area contributed by atoms with Gasteiger partial charge in [0, 0.05) is 24.4 Å². The number of sulfone groups is 1. The maximum Gasteiger partial charge on any atom is 0.287 e. The molecule has 214 valence electrons. The normalized spacial score (nSPS) is 15.7. The summed E-state index contributed by atoms with van der Waals surface area (Å²) in [6.45, 7) is 2.10. The van der Waals surface area contributed by atoms with E-state index in [1.165, 1.54) is 30.7 Å². The smallest absolute Gasteiger partial charge is 0.287 e. The van der Waals surface area contributed by atoms with Crippen LogP contribution in [0.4, 0.5) is 10.1 Å². The van der Waals surface area contributed by atoms with Crippen LogP contribution in [0.3, 0.4) is 0 Å². The first-order valence-electron chi connectivity index (χ1n) is 13.6. The molecule has 10 heteroatoms. The number of rotatable bonds is 11. The van der Waals surface area contributed by atoms with E-state index in [9.17, 15) is 22.4 Å². The number of para-hydroxylation sites is 1. The van der Waals surface area contributed by atoms with Crippen LogP contribution < -0.4 is 16.0 Å². The summed E-state index contributed by atoms with van der Waals surface area (Å²) in [6.07, 6.45) is 7.04. The zero-order valence-electron chi connectivity index (χ0n) is 22.8. The Kier molecular flexibility index (Phi) is 9.63. The summed E-state index contributed by atoms with van der Waals surface area (Å²) in [5, 5.41) is 8.91. The minimum Gasteiger partial charge on any atom is -0.451 e. The Hall–Kier alpha value is -3.66. The number of hydrogen-bond acceptors (Lipinski definition) is 6. The van der Waals surface area contributed by atoms with Crippen LogP contribution in [0.5, 0.6) is 0 Å². The lowest BCUT2D eigenvalue weighted by Gasteiger charge is -2.27. The molecular formula is C30H36FN3O5S. The van der Waals surface area contributed by atoms with E-state index in [1.807, 2.05) is 6.92 Å². The second-order valence-electron chi connectivity index (χ2n) is 10.5. The van der Waals surface area contributed by atoms with Crippen LogP contribution >= 0.6 is 0 Å². The van der Waals surface area contributed by atoms with Gasteiger partial charge < -0.3 is 20.4 Å². The highest BCUT2D eigenvalue weighted by atomic mass is 32.2. The molecule has 1 aliphatic carbocycles. The van der Waals surface area contributed by atoms with Crippen LogP contribution in [0.2, 0.25) is 0 Å². The van der Waals surface area contributed by atoms with Crippen molar-refractivity contribution in [1.29, 1.82) is 0 Å². The third-order valence-electron chi connectivity index (χ3n) is 7.13. The van der Waals surface area contributed by atoms with E-state index in [1.54, 1.807) is 36.4 Å². The van der Waals surface area contributed by atoms with Crippen molar-refractivity contribution in [2.75, 3.05) is 18.1 Å². The van der Waals surface area contributed by atoms with Crippen molar-refractivity contribution in [3.8, 4) is 11.3 Å². The van der Waals surface area contributed by atoms with Crippen molar-refractivity contribution in [3.63, 3.8) is 0 Å². The summed E-state index contributed by atoms with van der Waals surface area (Å²) in [6, 6.07) is 14.5. The van der Waals surface area contributed by atoms with Crippen molar-refractivity contribution in [2.45, 2.75) is 62.4 Å². The Morgan fingerprint density at radius 3 is 2.48 bits per heavy atom. The van der Waals surface area contributed by atoms with Gasteiger partial charge in [-0.3, -0.25) is 9.59 Å². The first-order chi connectivity index (χ1) is 19.1. The van der Waals surface area contributed by atoms with Gasteiger partial charge in [0.15, 0.2) is 15.6 Å². The average molecular weight is 570 g/mol. The molecule has 40 heavy (non-hydrogen) atoms. The molecule has 2 atom stereocenters. The molecule has 3 N–H and O–H groups in total. The van der Waals surface area contributed by atoms with Crippen molar-refractivity contribution in [1.82, 2.24) is 10.6 Å². The lowest BCUT2D eigenvalue weighted by molar-refractivity contribution is -0.124. The minimum absolute atomic E-state index is 0.0350. The van der Waals surface area contributed by atoms with Crippen LogP contribution in [0.1, 0.15) is 56.0 Å². The Bertz CT molecular complexity index is 1430. The van der Waals surface area contributed by atoms with Gasteiger partial charge in [0.2, 0.25) is 5.91 Å². The molecule has 0 radical (unpaired) electrons. The number of furan rings is 1. The van der Waals surface area contributed by atoms with Crippen LogP contribution in [0.15, 0.2) is 70.0 Å². The lowest BCUT2D eigenvalue weighted by Crippen LogP contribution is -2.51. The fraction of sp³-hybridized carbons (Fsp3) is 0.400. The summed E-state index contributed by atoms with van der Waals surface area (Å²) < 4.78 is 43.5. The molecule has 0 aliphatic heterocycles. The highest BCUT2D eigenvalue weighted by molar-refractivity contribution is 7.90. The molecule has 1 saturated carbocycles. The highest BCUT2D eigenvalue weighted by Gasteiger charge is 2.28. The van der Waals surface area contributed by atoms with Gasteiger partial charge in [-0.25, -0.2) is 12.8 Å². The highest BCUT2D eigenvalue weighted by Crippen LogP contribution is 2.28. The maximum atomic E-state index is 13.6. The van der Waals surface area contributed by atoms with E-state index in [-0.39, 0.29) is 29.1 Å². The SMILES string of the molecule is C[C@@H](CNc1ccccc1S(C)(=O)=O)NC(=O)[C@H](CC1CCCCC1)NC(=O)c1ccc(-c2cccc(F)c2)o1. The summed E-state index contributed by atoms with van der Waals surface area (Å²) in [5.74, 6) is -0.542. The van der Waals surface area contributed by atoms with Crippen molar-refractivity contribution in [2.24, 2.45) is 5.92 Å². The average Bonchev–Trinajstić information content (AvgIpc) is 3.42. The largest absolute Gasteiger partial charge is 0.451 e. The maximum absolute atomic E-state index is 13.6. The molecule has 0 saturated heterocycles. The molecular weight excluding hydrogens is 533 g/mol. The number of amides is 2. The molecule has 1 fully saturated rings. The summed E-state index contributed by atoms with van der Waals surface area (Å²) in [5.41, 5.74) is 0.972. The lowest BCUT2D eigenvalue weighted by atomic mass is 9.84. The fourth-order valence-corrected chi connectivity index (χ4v) is 5.93. The van der Waals surface area contributed by atoms with Crippen LogP contribution in [0, 0.1) is 11.7 Å². The number of benzene rings is 2. The zero-order chi connectivity index (χ0) is 28.7. The Labute approximate surface area is 234 Å². The van der Waals surface area contributed by atoms with E-state index < -0.39 is 27.6 Å². The molecule has 1 heterocycles. The topological polar surface area (TPSA) is 118 Å². The number of halogens is 1. The van der Waals surface area contributed by atoms with Crippen LogP contribution in [-0.2, 0) is 14.6 Å². The van der Waals surface area contributed by atoms with Gasteiger partial charge in [0.05, 0.1) is 10.6 Å². The molecule has 2 aromatic carbocycles. The van der Waals surface area contributed by atoms with Gasteiger partial charge in [-0.05, 0) is 55.7 Å². The third-order valence-corrected chi connectivity index (χ3v) is 8.28. The van der Waals surface area contributed by atoms with Crippen molar-refractivity contribution in [3.05, 3.63) is 72.2 Å². The number of anilines is 1. The van der Waals surface area contributed by atoms with E-state index in [2.05, 4.69) is 16.0 Å². The molecule has 3 aromatic rings. The number of carbonyl (C=O) groups is 2. The van der Waals surface area contributed by atoms with Gasteiger partial charge in [0.25, 0.3) is 5.91 Å². The van der Waals surface area contributed by atoms with E-state index in [0.717, 1.165) is 31.9 Å². The summed E-state index contributed by atoms with van der Waals surface area (Å²) in [4.78, 5) is 26.7. The molecule has 0 spiro atoms. The quantitative estimate of drug-likeness (QED) is 0.293. The molecule has 2 amide bonds. The second kappa shape index (κ2) is 13.1. The Morgan fingerprint density at radius 2 is 1.75 bits per heavy atom. The van der Waals surface area contributed by atoms with Crippen LogP contribution in [0.25, 0.3) is 11.3 Å². The molecule has 4 rings (SSSR count). The molecule has 1 aliphatic rings. The van der Waals surface area contributed by atoms with Gasteiger partial charge >= 0.3 is 0 Å². The monoisotopic (exact) mass is 569 g/mol. The van der Waals surface area contributed by atoms with Crippen molar-refractivity contribution < 1.29 is 26.8 Å². The number of carbonyl (C=O) groups excluding carboxylic acids is 2. The van der Waals surface area contributed by atoms with Gasteiger partial charge in [-0.1, -0.05) is 56.4 Å². The standard InChI is InChI=1S/C30H36FN3O5S/c1-20(19-32-24-13-6-7-14-28(24)40(2,37)38)33-29(35)25(17-21-9-4-3-5-10-21)34-30(36)27-16-15-26(39-27)22-11-8-12-23(31)18-22/h6-8,11-16,18,20-21,25,32H,3-5,9-10,17,19H2,1-2H3,(H,33,35)(H,34,36)/t20-,25-/m0/s1. The second-order valence-corrected chi connectivity index (χ2v) is 12.5. The molecule has 1 aromatic heterocycles. The summed E-state index contributed by atoms with van der Waals surface area (Å²) >= 11 is 0.